The summed E-state index contributed by atoms with van der Waals surface area (Å²) in [4.78, 5) is 24.3. The Morgan fingerprint density at radius 2 is 2.24 bits per heavy atom. The summed E-state index contributed by atoms with van der Waals surface area (Å²) in [7, 11) is 1.61. The van der Waals surface area contributed by atoms with Crippen LogP contribution in [0.5, 0.6) is 0 Å². The van der Waals surface area contributed by atoms with Crippen LogP contribution in [-0.2, 0) is 16.1 Å². The average Bonchev–Trinajstić information content (AvgIpc) is 2.83. The van der Waals surface area contributed by atoms with E-state index in [0.29, 0.717) is 18.8 Å². The molecule has 1 rings (SSSR count). The highest BCUT2D eigenvalue weighted by Gasteiger charge is 2.18. The van der Waals surface area contributed by atoms with Crippen molar-refractivity contribution in [1.82, 2.24) is 14.7 Å². The Balaban J connectivity index is 2.59. The van der Waals surface area contributed by atoms with Crippen molar-refractivity contribution in [2.45, 2.75) is 32.9 Å². The molecule has 118 valence electrons. The van der Waals surface area contributed by atoms with E-state index in [9.17, 15) is 9.59 Å². The Labute approximate surface area is 123 Å². The monoisotopic (exact) mass is 298 g/mol. The Bertz CT molecular complexity index is 472. The second-order valence-corrected chi connectivity index (χ2v) is 4.85. The molecule has 0 fully saturated rings. The number of carboxylic acids is 1. The Morgan fingerprint density at radius 1 is 1.52 bits per heavy atom. The van der Waals surface area contributed by atoms with Gasteiger partial charge in [0.1, 0.15) is 0 Å². The highest BCUT2D eigenvalue weighted by Crippen LogP contribution is 2.09. The molecule has 0 aliphatic heterocycles. The van der Waals surface area contributed by atoms with Gasteiger partial charge >= 0.3 is 12.0 Å². The minimum Gasteiger partial charge on any atom is -0.481 e. The van der Waals surface area contributed by atoms with Crippen LogP contribution >= 0.6 is 0 Å². The van der Waals surface area contributed by atoms with Crippen LogP contribution in [0.4, 0.5) is 10.5 Å². The maximum Gasteiger partial charge on any atom is 0.322 e. The summed E-state index contributed by atoms with van der Waals surface area (Å²) in [5, 5.41) is 15.5. The summed E-state index contributed by atoms with van der Waals surface area (Å²) in [6.07, 6.45) is 3.16. The molecule has 1 aromatic rings. The third-order valence-electron chi connectivity index (χ3n) is 2.86. The molecule has 0 saturated heterocycles. The first-order valence-corrected chi connectivity index (χ1v) is 6.75. The zero-order valence-corrected chi connectivity index (χ0v) is 12.6. The van der Waals surface area contributed by atoms with Gasteiger partial charge in [0.15, 0.2) is 0 Å². The first kappa shape index (κ1) is 17.0. The molecule has 2 amide bonds. The lowest BCUT2D eigenvalue weighted by Gasteiger charge is -2.26. The Morgan fingerprint density at radius 3 is 2.81 bits per heavy atom. The van der Waals surface area contributed by atoms with Gasteiger partial charge in [-0.1, -0.05) is 0 Å². The van der Waals surface area contributed by atoms with Crippen LogP contribution in [0.25, 0.3) is 0 Å². The predicted octanol–water partition coefficient (Wildman–Crippen LogP) is 1.25. The number of methoxy groups -OCH3 is 1. The van der Waals surface area contributed by atoms with Gasteiger partial charge < -0.3 is 20.1 Å². The standard InChI is InChI=1S/C13H22N4O4/c1-10(2)17(5-4-12(18)19)13(20)15-11-8-14-16(9-11)6-7-21-3/h8-10H,4-7H2,1-3H3,(H,15,20)(H,18,19). The van der Waals surface area contributed by atoms with Crippen molar-refractivity contribution in [3.05, 3.63) is 12.4 Å². The lowest BCUT2D eigenvalue weighted by molar-refractivity contribution is -0.137. The molecule has 2 N–H and O–H groups in total. The zero-order chi connectivity index (χ0) is 15.8. The van der Waals surface area contributed by atoms with E-state index in [4.69, 9.17) is 9.84 Å². The smallest absolute Gasteiger partial charge is 0.322 e. The van der Waals surface area contributed by atoms with Crippen molar-refractivity contribution in [1.29, 1.82) is 0 Å². The molecule has 8 heteroatoms. The highest BCUT2D eigenvalue weighted by molar-refractivity contribution is 5.89. The van der Waals surface area contributed by atoms with Gasteiger partial charge in [-0.2, -0.15) is 5.10 Å². The van der Waals surface area contributed by atoms with Gasteiger partial charge in [-0.05, 0) is 13.8 Å². The summed E-state index contributed by atoms with van der Waals surface area (Å²) in [5.41, 5.74) is 0.567. The Kier molecular flexibility index (Phi) is 6.67. The molecule has 1 heterocycles. The van der Waals surface area contributed by atoms with E-state index in [1.165, 1.54) is 4.90 Å². The number of hydrogen-bond donors (Lipinski definition) is 2. The van der Waals surface area contributed by atoms with Gasteiger partial charge in [0.25, 0.3) is 0 Å². The van der Waals surface area contributed by atoms with Crippen molar-refractivity contribution >= 4 is 17.7 Å². The molecule has 1 aromatic heterocycles. The molecule has 0 radical (unpaired) electrons. The van der Waals surface area contributed by atoms with Crippen molar-refractivity contribution in [3.8, 4) is 0 Å². The molecule has 0 bridgehead atoms. The number of urea groups is 1. The van der Waals surface area contributed by atoms with Crippen LogP contribution in [0.1, 0.15) is 20.3 Å². The summed E-state index contributed by atoms with van der Waals surface area (Å²) in [6.45, 7) is 4.97. The number of anilines is 1. The summed E-state index contributed by atoms with van der Waals surface area (Å²) in [5.74, 6) is -0.930. The number of carbonyl (C=O) groups excluding carboxylic acids is 1. The van der Waals surface area contributed by atoms with Gasteiger partial charge in [-0.3, -0.25) is 9.48 Å². The van der Waals surface area contributed by atoms with Gasteiger partial charge in [0.05, 0.1) is 31.5 Å². The molecular formula is C13H22N4O4. The number of aromatic nitrogens is 2. The predicted molar refractivity (Wildman–Crippen MR) is 77.2 cm³/mol. The number of amides is 2. The van der Waals surface area contributed by atoms with E-state index in [-0.39, 0.29) is 25.0 Å². The summed E-state index contributed by atoms with van der Waals surface area (Å²) < 4.78 is 6.61. The zero-order valence-electron chi connectivity index (χ0n) is 12.6. The summed E-state index contributed by atoms with van der Waals surface area (Å²) in [6, 6.07) is -0.426. The first-order chi connectivity index (χ1) is 9.93. The van der Waals surface area contributed by atoms with Gasteiger partial charge in [0.2, 0.25) is 0 Å². The largest absolute Gasteiger partial charge is 0.481 e. The average molecular weight is 298 g/mol. The molecule has 8 nitrogen and oxygen atoms in total. The van der Waals surface area contributed by atoms with Crippen molar-refractivity contribution in [2.75, 3.05) is 25.6 Å². The van der Waals surface area contributed by atoms with Crippen LogP contribution in [0.3, 0.4) is 0 Å². The molecule has 0 unspecified atom stereocenters. The number of nitrogens with one attached hydrogen (secondary N) is 1. The van der Waals surface area contributed by atoms with E-state index in [1.807, 2.05) is 13.8 Å². The van der Waals surface area contributed by atoms with Gasteiger partial charge in [-0.25, -0.2) is 4.79 Å². The molecule has 0 aliphatic rings. The number of nitrogens with zero attached hydrogens (tertiary/aromatic N) is 3. The number of ether oxygens (including phenoxy) is 1. The third kappa shape index (κ3) is 5.82. The Hall–Kier alpha value is -2.09. The molecule has 0 saturated carbocycles. The number of carboxylic acid groups (broad SMARTS) is 1. The maximum atomic E-state index is 12.2. The summed E-state index contributed by atoms with van der Waals surface area (Å²) >= 11 is 0. The van der Waals surface area contributed by atoms with Gasteiger partial charge in [-0.15, -0.1) is 0 Å². The molecular weight excluding hydrogens is 276 g/mol. The number of aliphatic carboxylic acids is 1. The van der Waals surface area contributed by atoms with Gasteiger partial charge in [0, 0.05) is 25.9 Å². The minimum atomic E-state index is -0.930. The molecule has 0 aromatic carbocycles. The van der Waals surface area contributed by atoms with E-state index in [2.05, 4.69) is 10.4 Å². The SMILES string of the molecule is COCCn1cc(NC(=O)N(CCC(=O)O)C(C)C)cn1. The van der Waals surface area contributed by atoms with Crippen molar-refractivity contribution < 1.29 is 19.4 Å². The molecule has 0 aliphatic carbocycles. The lowest BCUT2D eigenvalue weighted by Crippen LogP contribution is -2.41. The van der Waals surface area contributed by atoms with Crippen LogP contribution in [-0.4, -0.2) is 58.1 Å². The van der Waals surface area contributed by atoms with Crippen LogP contribution in [0.15, 0.2) is 12.4 Å². The number of carbonyl (C=O) groups is 2. The van der Waals surface area contributed by atoms with Crippen LogP contribution < -0.4 is 5.32 Å². The fraction of sp³-hybridized carbons (Fsp3) is 0.615. The van der Waals surface area contributed by atoms with Crippen molar-refractivity contribution in [3.63, 3.8) is 0 Å². The minimum absolute atomic E-state index is 0.0846. The van der Waals surface area contributed by atoms with E-state index < -0.39 is 5.97 Å². The molecule has 21 heavy (non-hydrogen) atoms. The molecule has 0 spiro atoms. The topological polar surface area (TPSA) is 96.7 Å². The highest BCUT2D eigenvalue weighted by atomic mass is 16.5. The van der Waals surface area contributed by atoms with E-state index in [0.717, 1.165) is 0 Å². The second kappa shape index (κ2) is 8.25. The quantitative estimate of drug-likeness (QED) is 0.753. The van der Waals surface area contributed by atoms with Crippen LogP contribution in [0, 0.1) is 0 Å². The number of rotatable bonds is 8. The lowest BCUT2D eigenvalue weighted by atomic mass is 10.3. The first-order valence-electron chi connectivity index (χ1n) is 6.75. The molecule has 0 atom stereocenters. The maximum absolute atomic E-state index is 12.2. The normalized spacial score (nSPS) is 10.7. The number of hydrogen-bond acceptors (Lipinski definition) is 4. The van der Waals surface area contributed by atoms with Crippen molar-refractivity contribution in [2.24, 2.45) is 0 Å². The second-order valence-electron chi connectivity index (χ2n) is 4.85. The third-order valence-corrected chi connectivity index (χ3v) is 2.86. The van der Waals surface area contributed by atoms with Crippen LogP contribution in [0.2, 0.25) is 0 Å². The fourth-order valence-corrected chi connectivity index (χ4v) is 1.74. The van der Waals surface area contributed by atoms with E-state index >= 15 is 0 Å². The van der Waals surface area contributed by atoms with E-state index in [1.54, 1.807) is 24.2 Å². The fourth-order valence-electron chi connectivity index (χ4n) is 1.74.